The molecule has 1 unspecified atom stereocenters. The molecule has 0 bridgehead atoms. The van der Waals surface area contributed by atoms with Crippen molar-refractivity contribution in [2.24, 2.45) is 0 Å². The van der Waals surface area contributed by atoms with E-state index in [1.54, 1.807) is 7.11 Å². The third kappa shape index (κ3) is 5.41. The van der Waals surface area contributed by atoms with E-state index in [2.05, 4.69) is 12.2 Å². The summed E-state index contributed by atoms with van der Waals surface area (Å²) in [7, 11) is 3.70. The van der Waals surface area contributed by atoms with Gasteiger partial charge in [0, 0.05) is 6.04 Å². The first kappa shape index (κ1) is 14.8. The van der Waals surface area contributed by atoms with E-state index in [4.69, 9.17) is 9.47 Å². The molecule has 0 aliphatic heterocycles. The molecule has 0 saturated heterocycles. The molecule has 0 aromatic heterocycles. The third-order valence-electron chi connectivity index (χ3n) is 3.07. The lowest BCUT2D eigenvalue weighted by Gasteiger charge is -2.15. The molecule has 0 fully saturated rings. The van der Waals surface area contributed by atoms with Crippen LogP contribution in [0.2, 0.25) is 0 Å². The normalized spacial score (nSPS) is 12.2. The van der Waals surface area contributed by atoms with E-state index in [9.17, 15) is 0 Å². The number of methoxy groups -OCH3 is 1. The fraction of sp³-hybridized carbons (Fsp3) is 0.600. The summed E-state index contributed by atoms with van der Waals surface area (Å²) < 4.78 is 10.8. The molecule has 1 aromatic rings. The maximum absolute atomic E-state index is 5.70. The topological polar surface area (TPSA) is 30.5 Å². The van der Waals surface area contributed by atoms with E-state index in [1.807, 2.05) is 31.3 Å². The molecule has 0 saturated carbocycles. The fourth-order valence-corrected chi connectivity index (χ4v) is 1.97. The monoisotopic (exact) mass is 251 g/mol. The lowest BCUT2D eigenvalue weighted by molar-refractivity contribution is 0.294. The van der Waals surface area contributed by atoms with E-state index in [0.717, 1.165) is 24.5 Å². The minimum atomic E-state index is 0.620. The molecule has 3 nitrogen and oxygen atoms in total. The molecular weight excluding hydrogens is 226 g/mol. The number of hydrogen-bond acceptors (Lipinski definition) is 3. The summed E-state index contributed by atoms with van der Waals surface area (Å²) in [6.45, 7) is 2.99. The van der Waals surface area contributed by atoms with Crippen LogP contribution in [0.25, 0.3) is 0 Å². The molecule has 1 atom stereocenters. The van der Waals surface area contributed by atoms with Crippen LogP contribution >= 0.6 is 0 Å². The summed E-state index contributed by atoms with van der Waals surface area (Å²) in [6.07, 6.45) is 4.71. The van der Waals surface area contributed by atoms with Crippen molar-refractivity contribution in [2.75, 3.05) is 20.8 Å². The minimum Gasteiger partial charge on any atom is -0.497 e. The van der Waals surface area contributed by atoms with Crippen LogP contribution in [0.5, 0.6) is 11.5 Å². The van der Waals surface area contributed by atoms with Gasteiger partial charge in [0.15, 0.2) is 0 Å². The van der Waals surface area contributed by atoms with Crippen molar-refractivity contribution < 1.29 is 9.47 Å². The van der Waals surface area contributed by atoms with Gasteiger partial charge in [0.05, 0.1) is 13.7 Å². The summed E-state index contributed by atoms with van der Waals surface area (Å²) in [5, 5.41) is 3.34. The van der Waals surface area contributed by atoms with Gasteiger partial charge in [-0.15, -0.1) is 0 Å². The summed E-state index contributed by atoms with van der Waals surface area (Å²) >= 11 is 0. The van der Waals surface area contributed by atoms with Gasteiger partial charge in [0.25, 0.3) is 0 Å². The molecule has 0 heterocycles. The van der Waals surface area contributed by atoms with E-state index in [-0.39, 0.29) is 0 Å². The molecule has 1 rings (SSSR count). The zero-order chi connectivity index (χ0) is 13.2. The Balaban J connectivity index is 2.20. The zero-order valence-electron chi connectivity index (χ0n) is 11.7. The predicted octanol–water partition coefficient (Wildman–Crippen LogP) is 3.24. The van der Waals surface area contributed by atoms with Crippen LogP contribution in [-0.2, 0) is 0 Å². The van der Waals surface area contributed by atoms with Gasteiger partial charge in [-0.2, -0.15) is 0 Å². The fourth-order valence-electron chi connectivity index (χ4n) is 1.97. The molecule has 1 aromatic carbocycles. The molecular formula is C15H25NO2. The second-order valence-electron chi connectivity index (χ2n) is 4.44. The first-order valence-corrected chi connectivity index (χ1v) is 6.74. The summed E-state index contributed by atoms with van der Waals surface area (Å²) in [5.74, 6) is 1.77. The standard InChI is InChI=1S/C15H25NO2/c1-4-6-13(16-2)7-5-12-18-15-10-8-14(17-3)9-11-15/h8-11,13,16H,4-7,12H2,1-3H3. The Morgan fingerprint density at radius 2 is 1.78 bits per heavy atom. The predicted molar refractivity (Wildman–Crippen MR) is 75.5 cm³/mol. The van der Waals surface area contributed by atoms with Gasteiger partial charge in [0.2, 0.25) is 0 Å². The van der Waals surface area contributed by atoms with Gasteiger partial charge in [-0.1, -0.05) is 13.3 Å². The largest absolute Gasteiger partial charge is 0.497 e. The minimum absolute atomic E-state index is 0.620. The van der Waals surface area contributed by atoms with Crippen molar-refractivity contribution in [3.63, 3.8) is 0 Å². The summed E-state index contributed by atoms with van der Waals surface area (Å²) in [5.41, 5.74) is 0. The molecule has 18 heavy (non-hydrogen) atoms. The number of hydrogen-bond donors (Lipinski definition) is 1. The maximum Gasteiger partial charge on any atom is 0.119 e. The van der Waals surface area contributed by atoms with Crippen molar-refractivity contribution in [1.29, 1.82) is 0 Å². The molecule has 0 aliphatic carbocycles. The van der Waals surface area contributed by atoms with E-state index in [1.165, 1.54) is 19.3 Å². The Hall–Kier alpha value is -1.22. The first-order chi connectivity index (χ1) is 8.80. The van der Waals surface area contributed by atoms with E-state index < -0.39 is 0 Å². The highest BCUT2D eigenvalue weighted by molar-refractivity contribution is 5.31. The molecule has 0 spiro atoms. The van der Waals surface area contributed by atoms with Crippen molar-refractivity contribution in [1.82, 2.24) is 5.32 Å². The van der Waals surface area contributed by atoms with Crippen LogP contribution in [0.4, 0.5) is 0 Å². The molecule has 0 aliphatic rings. The van der Waals surface area contributed by atoms with E-state index >= 15 is 0 Å². The second kappa shape index (κ2) is 8.81. The highest BCUT2D eigenvalue weighted by atomic mass is 16.5. The van der Waals surface area contributed by atoms with Gasteiger partial charge in [-0.05, 0) is 50.6 Å². The summed E-state index contributed by atoms with van der Waals surface area (Å²) in [4.78, 5) is 0. The Bertz CT molecular complexity index is 311. The van der Waals surface area contributed by atoms with Crippen LogP contribution in [0.1, 0.15) is 32.6 Å². The van der Waals surface area contributed by atoms with Gasteiger partial charge in [-0.25, -0.2) is 0 Å². The number of ether oxygens (including phenoxy) is 2. The number of rotatable bonds is 9. The van der Waals surface area contributed by atoms with Crippen molar-refractivity contribution in [2.45, 2.75) is 38.6 Å². The Morgan fingerprint density at radius 1 is 1.11 bits per heavy atom. The van der Waals surface area contributed by atoms with Crippen molar-refractivity contribution in [3.8, 4) is 11.5 Å². The SMILES string of the molecule is CCCC(CCCOc1ccc(OC)cc1)NC. The lowest BCUT2D eigenvalue weighted by Crippen LogP contribution is -2.25. The highest BCUT2D eigenvalue weighted by Gasteiger charge is 2.04. The van der Waals surface area contributed by atoms with Crippen LogP contribution in [-0.4, -0.2) is 26.8 Å². The third-order valence-corrected chi connectivity index (χ3v) is 3.07. The Morgan fingerprint density at radius 3 is 2.33 bits per heavy atom. The number of benzene rings is 1. The van der Waals surface area contributed by atoms with Crippen molar-refractivity contribution >= 4 is 0 Å². The first-order valence-electron chi connectivity index (χ1n) is 6.74. The number of nitrogens with one attached hydrogen (secondary N) is 1. The second-order valence-corrected chi connectivity index (χ2v) is 4.44. The van der Waals surface area contributed by atoms with Crippen molar-refractivity contribution in [3.05, 3.63) is 24.3 Å². The molecule has 0 radical (unpaired) electrons. The molecule has 1 N–H and O–H groups in total. The average molecular weight is 251 g/mol. The van der Waals surface area contributed by atoms with Gasteiger partial charge in [-0.3, -0.25) is 0 Å². The average Bonchev–Trinajstić information content (AvgIpc) is 2.43. The maximum atomic E-state index is 5.70. The van der Waals surface area contributed by atoms with Crippen LogP contribution in [0.15, 0.2) is 24.3 Å². The lowest BCUT2D eigenvalue weighted by atomic mass is 10.1. The van der Waals surface area contributed by atoms with Crippen LogP contribution in [0, 0.1) is 0 Å². The zero-order valence-corrected chi connectivity index (χ0v) is 11.7. The van der Waals surface area contributed by atoms with E-state index in [0.29, 0.717) is 6.04 Å². The van der Waals surface area contributed by atoms with Crippen LogP contribution in [0.3, 0.4) is 0 Å². The quantitative estimate of drug-likeness (QED) is 0.683. The van der Waals surface area contributed by atoms with Gasteiger partial charge >= 0.3 is 0 Å². The van der Waals surface area contributed by atoms with Crippen LogP contribution < -0.4 is 14.8 Å². The molecule has 3 heteroatoms. The van der Waals surface area contributed by atoms with Gasteiger partial charge in [0.1, 0.15) is 11.5 Å². The highest BCUT2D eigenvalue weighted by Crippen LogP contribution is 2.17. The Labute approximate surface area is 110 Å². The summed E-state index contributed by atoms with van der Waals surface area (Å²) in [6, 6.07) is 8.35. The Kier molecular flexibility index (Phi) is 7.26. The van der Waals surface area contributed by atoms with Gasteiger partial charge < -0.3 is 14.8 Å². The molecule has 0 amide bonds. The smallest absolute Gasteiger partial charge is 0.119 e. The molecule has 102 valence electrons.